The molecule has 88 valence electrons. The van der Waals surface area contributed by atoms with Gasteiger partial charge in [-0.15, -0.1) is 0 Å². The summed E-state index contributed by atoms with van der Waals surface area (Å²) in [6, 6.07) is 4.38. The third kappa shape index (κ3) is 3.17. The van der Waals surface area contributed by atoms with E-state index in [0.717, 1.165) is 6.92 Å². The summed E-state index contributed by atoms with van der Waals surface area (Å²) in [5, 5.41) is 8.49. The third-order valence-corrected chi connectivity index (χ3v) is 2.46. The van der Waals surface area contributed by atoms with E-state index in [0.29, 0.717) is 0 Å². The summed E-state index contributed by atoms with van der Waals surface area (Å²) >= 11 is 5.70. The lowest BCUT2D eigenvalue weighted by Crippen LogP contribution is -2.12. The molecule has 0 atom stereocenters. The van der Waals surface area contributed by atoms with Crippen molar-refractivity contribution in [2.24, 2.45) is 0 Å². The Kier molecular flexibility index (Phi) is 3.86. The predicted octanol–water partition coefficient (Wildman–Crippen LogP) is 3.47. The number of halogens is 3. The highest BCUT2D eigenvalue weighted by Crippen LogP contribution is 2.35. The molecule has 0 aliphatic carbocycles. The zero-order chi connectivity index (χ0) is 12.3. The molecule has 0 aromatic heterocycles. The first kappa shape index (κ1) is 12.9. The highest BCUT2D eigenvalue weighted by Gasteiger charge is 2.30. The number of aryl methyl sites for hydroxylation is 1. The molecular weight excluding hydrogens is 238 g/mol. The van der Waals surface area contributed by atoms with E-state index in [4.69, 9.17) is 16.7 Å². The fourth-order valence-corrected chi connectivity index (χ4v) is 1.87. The van der Waals surface area contributed by atoms with Crippen LogP contribution in [-0.2, 0) is 17.1 Å². The molecule has 0 bridgehead atoms. The minimum absolute atomic E-state index is 0.0320. The second kappa shape index (κ2) is 4.78. The average molecular weight is 249 g/mol. The number of hydrogen-bond donors (Lipinski definition) is 1. The average Bonchev–Trinajstić information content (AvgIpc) is 2.12. The molecule has 0 aliphatic heterocycles. The van der Waals surface area contributed by atoms with Crippen molar-refractivity contribution in [3.63, 3.8) is 0 Å². The standard InChI is InChI=1S/C11H11ClF2O2/c1-11(13,14)10-7(5-6-9(15)16)3-2-4-8(10)12/h2-4H,5-6H2,1H3,(H,15,16). The van der Waals surface area contributed by atoms with E-state index in [2.05, 4.69) is 0 Å². The Morgan fingerprint density at radius 2 is 2.12 bits per heavy atom. The first-order chi connectivity index (χ1) is 7.32. The van der Waals surface area contributed by atoms with Gasteiger partial charge in [0.05, 0.1) is 5.02 Å². The van der Waals surface area contributed by atoms with E-state index in [1.807, 2.05) is 0 Å². The zero-order valence-electron chi connectivity index (χ0n) is 8.64. The molecule has 0 radical (unpaired) electrons. The molecule has 1 rings (SSSR count). The lowest BCUT2D eigenvalue weighted by atomic mass is 9.99. The van der Waals surface area contributed by atoms with Crippen molar-refractivity contribution in [3.05, 3.63) is 34.3 Å². The van der Waals surface area contributed by atoms with Gasteiger partial charge < -0.3 is 5.11 Å². The van der Waals surface area contributed by atoms with Crippen molar-refractivity contribution in [2.75, 3.05) is 0 Å². The van der Waals surface area contributed by atoms with Crippen molar-refractivity contribution < 1.29 is 18.7 Å². The molecule has 1 N–H and O–H groups in total. The van der Waals surface area contributed by atoms with E-state index in [1.54, 1.807) is 0 Å². The molecule has 0 saturated heterocycles. The Balaban J connectivity index is 3.08. The van der Waals surface area contributed by atoms with Crippen LogP contribution in [0.4, 0.5) is 8.78 Å². The molecule has 0 unspecified atom stereocenters. The van der Waals surface area contributed by atoms with Gasteiger partial charge in [0.15, 0.2) is 0 Å². The van der Waals surface area contributed by atoms with Crippen LogP contribution in [0.3, 0.4) is 0 Å². The van der Waals surface area contributed by atoms with Crippen molar-refractivity contribution in [3.8, 4) is 0 Å². The quantitative estimate of drug-likeness (QED) is 0.886. The number of aliphatic carboxylic acids is 1. The molecule has 1 aromatic carbocycles. The molecule has 16 heavy (non-hydrogen) atoms. The van der Waals surface area contributed by atoms with Crippen LogP contribution in [0.15, 0.2) is 18.2 Å². The third-order valence-electron chi connectivity index (χ3n) is 2.15. The zero-order valence-corrected chi connectivity index (χ0v) is 9.39. The first-order valence-corrected chi connectivity index (χ1v) is 5.07. The molecule has 0 spiro atoms. The number of carboxylic acid groups (broad SMARTS) is 1. The van der Waals surface area contributed by atoms with E-state index in [1.165, 1.54) is 18.2 Å². The molecule has 1 aromatic rings. The van der Waals surface area contributed by atoms with Crippen LogP contribution in [0.2, 0.25) is 5.02 Å². The van der Waals surface area contributed by atoms with E-state index >= 15 is 0 Å². The molecule has 0 fully saturated rings. The Bertz CT molecular complexity index is 399. The maximum atomic E-state index is 13.3. The summed E-state index contributed by atoms with van der Waals surface area (Å²) < 4.78 is 26.5. The molecule has 0 heterocycles. The Hall–Kier alpha value is -1.16. The van der Waals surface area contributed by atoms with Gasteiger partial charge in [0.1, 0.15) is 0 Å². The number of rotatable bonds is 4. The summed E-state index contributed by atoms with van der Waals surface area (Å²) in [6.07, 6.45) is -0.141. The highest BCUT2D eigenvalue weighted by molar-refractivity contribution is 6.31. The van der Waals surface area contributed by atoms with Gasteiger partial charge >= 0.3 is 5.97 Å². The maximum Gasteiger partial charge on any atom is 0.303 e. The number of carboxylic acids is 1. The van der Waals surface area contributed by atoms with Crippen molar-refractivity contribution in [1.29, 1.82) is 0 Å². The van der Waals surface area contributed by atoms with Gasteiger partial charge in [0, 0.05) is 18.9 Å². The van der Waals surface area contributed by atoms with Gasteiger partial charge in [-0.05, 0) is 18.1 Å². The number of hydrogen-bond acceptors (Lipinski definition) is 1. The Labute approximate surface area is 96.8 Å². The van der Waals surface area contributed by atoms with Crippen molar-refractivity contribution in [1.82, 2.24) is 0 Å². The van der Waals surface area contributed by atoms with Gasteiger partial charge in [-0.2, -0.15) is 0 Å². The Morgan fingerprint density at radius 1 is 1.50 bits per heavy atom. The molecule has 5 heteroatoms. The minimum atomic E-state index is -3.06. The highest BCUT2D eigenvalue weighted by atomic mass is 35.5. The van der Waals surface area contributed by atoms with Gasteiger partial charge in [0.25, 0.3) is 5.92 Å². The number of benzene rings is 1. The first-order valence-electron chi connectivity index (χ1n) is 4.70. The summed E-state index contributed by atoms with van der Waals surface area (Å²) in [7, 11) is 0. The largest absolute Gasteiger partial charge is 0.481 e. The summed E-state index contributed by atoms with van der Waals surface area (Å²) in [6.45, 7) is 0.748. The fourth-order valence-electron chi connectivity index (χ4n) is 1.51. The van der Waals surface area contributed by atoms with Gasteiger partial charge in [-0.25, -0.2) is 8.78 Å². The molecule has 0 saturated carbocycles. The lowest BCUT2D eigenvalue weighted by Gasteiger charge is -2.17. The fraction of sp³-hybridized carbons (Fsp3) is 0.364. The summed E-state index contributed by atoms with van der Waals surface area (Å²) in [5.41, 5.74) is 0.000293. The molecule has 2 nitrogen and oxygen atoms in total. The second-order valence-corrected chi connectivity index (χ2v) is 3.96. The van der Waals surface area contributed by atoms with Crippen molar-refractivity contribution >= 4 is 17.6 Å². The predicted molar refractivity (Wildman–Crippen MR) is 57.0 cm³/mol. The molecular formula is C11H11ClF2O2. The van der Waals surface area contributed by atoms with Crippen molar-refractivity contribution in [2.45, 2.75) is 25.7 Å². The summed E-state index contributed by atoms with van der Waals surface area (Å²) in [4.78, 5) is 10.4. The van der Waals surface area contributed by atoms with Crippen LogP contribution < -0.4 is 0 Å². The lowest BCUT2D eigenvalue weighted by molar-refractivity contribution is -0.137. The molecule has 0 aliphatic rings. The Morgan fingerprint density at radius 3 is 2.62 bits per heavy atom. The molecule has 0 amide bonds. The monoisotopic (exact) mass is 248 g/mol. The minimum Gasteiger partial charge on any atom is -0.481 e. The topological polar surface area (TPSA) is 37.3 Å². The van der Waals surface area contributed by atoms with Gasteiger partial charge in [-0.3, -0.25) is 4.79 Å². The van der Waals surface area contributed by atoms with Gasteiger partial charge in [0.2, 0.25) is 0 Å². The van der Waals surface area contributed by atoms with Crippen LogP contribution in [0.1, 0.15) is 24.5 Å². The van der Waals surface area contributed by atoms with Crippen LogP contribution in [0.25, 0.3) is 0 Å². The van der Waals surface area contributed by atoms with Crippen LogP contribution in [-0.4, -0.2) is 11.1 Å². The smallest absolute Gasteiger partial charge is 0.303 e. The van der Waals surface area contributed by atoms with E-state index < -0.39 is 11.9 Å². The van der Waals surface area contributed by atoms with E-state index in [-0.39, 0.29) is 29.0 Å². The van der Waals surface area contributed by atoms with Crippen LogP contribution >= 0.6 is 11.6 Å². The van der Waals surface area contributed by atoms with Crippen LogP contribution in [0.5, 0.6) is 0 Å². The number of carbonyl (C=O) groups is 1. The summed E-state index contributed by atoms with van der Waals surface area (Å²) in [5.74, 6) is -4.09. The second-order valence-electron chi connectivity index (χ2n) is 3.56. The van der Waals surface area contributed by atoms with Crippen LogP contribution in [0, 0.1) is 0 Å². The van der Waals surface area contributed by atoms with E-state index in [9.17, 15) is 13.6 Å². The number of alkyl halides is 2. The normalized spacial score (nSPS) is 11.5. The SMILES string of the molecule is CC(F)(F)c1c(Cl)cccc1CCC(=O)O. The maximum absolute atomic E-state index is 13.3. The van der Waals surface area contributed by atoms with Gasteiger partial charge in [-0.1, -0.05) is 23.7 Å².